The Balaban J connectivity index is 0.000000859. The monoisotopic (exact) mass is 650 g/mol. The van der Waals surface area contributed by atoms with Crippen molar-refractivity contribution in [3.8, 4) is 33.4 Å². The van der Waals surface area contributed by atoms with Gasteiger partial charge in [-0.3, -0.25) is 0 Å². The molecule has 0 spiro atoms. The molecule has 0 nitrogen and oxygen atoms in total. The van der Waals surface area contributed by atoms with Crippen molar-refractivity contribution in [1.82, 2.24) is 0 Å². The van der Waals surface area contributed by atoms with Crippen LogP contribution in [0.5, 0.6) is 0 Å². The molecule has 0 bridgehead atoms. The largest absolute Gasteiger partial charge is 0.0714 e. The molecule has 9 rings (SSSR count). The van der Waals surface area contributed by atoms with E-state index < -0.39 is 5.41 Å². The van der Waals surface area contributed by atoms with Crippen LogP contribution in [-0.4, -0.2) is 0 Å². The molecule has 0 aliphatic heterocycles. The van der Waals surface area contributed by atoms with Gasteiger partial charge in [-0.05, 0) is 141 Å². The van der Waals surface area contributed by atoms with Gasteiger partial charge in [-0.25, -0.2) is 0 Å². The summed E-state index contributed by atoms with van der Waals surface area (Å²) in [5.41, 5.74) is 21.8. The van der Waals surface area contributed by atoms with Gasteiger partial charge in [0.05, 0.1) is 5.41 Å². The lowest BCUT2D eigenvalue weighted by atomic mass is 9.66. The Morgan fingerprint density at radius 3 is 1.48 bits per heavy atom. The van der Waals surface area contributed by atoms with E-state index in [4.69, 9.17) is 0 Å². The maximum absolute atomic E-state index is 2.55. The first-order chi connectivity index (χ1) is 24.4. The summed E-state index contributed by atoms with van der Waals surface area (Å²) in [6.07, 6.45) is 8.58. The van der Waals surface area contributed by atoms with E-state index in [1.165, 1.54) is 128 Å². The molecule has 0 saturated heterocycles. The average Bonchev–Trinajstić information content (AvgIpc) is 3.42. The molecule has 1 atom stereocenters. The van der Waals surface area contributed by atoms with E-state index >= 15 is 0 Å². The zero-order chi connectivity index (χ0) is 34.4. The minimum Gasteiger partial charge on any atom is -0.0654 e. The van der Waals surface area contributed by atoms with Crippen LogP contribution in [-0.2, 0) is 31.1 Å². The molecule has 0 heteroatoms. The van der Waals surface area contributed by atoms with Gasteiger partial charge in [0.15, 0.2) is 0 Å². The van der Waals surface area contributed by atoms with E-state index in [1.807, 2.05) is 0 Å². The Hall–Kier alpha value is -4.68. The average molecular weight is 651 g/mol. The molecule has 3 aliphatic carbocycles. The number of rotatable bonds is 7. The van der Waals surface area contributed by atoms with Crippen LogP contribution in [0.15, 0.2) is 121 Å². The summed E-state index contributed by atoms with van der Waals surface area (Å²) < 4.78 is 0. The fourth-order valence-electron chi connectivity index (χ4n) is 8.40. The Morgan fingerprint density at radius 1 is 0.500 bits per heavy atom. The molecule has 0 N–H and O–H groups in total. The first-order valence-corrected chi connectivity index (χ1v) is 19.2. The Bertz CT molecular complexity index is 2110. The van der Waals surface area contributed by atoms with Crippen LogP contribution in [0.25, 0.3) is 33.4 Å². The zero-order valence-electron chi connectivity index (χ0n) is 30.6. The summed E-state index contributed by atoms with van der Waals surface area (Å²) in [6.45, 7) is 11.3. The number of fused-ring (bicyclic) bond motifs is 5. The lowest BCUT2D eigenvalue weighted by molar-refractivity contribution is 0.722. The van der Waals surface area contributed by atoms with Crippen LogP contribution in [0.1, 0.15) is 109 Å². The Kier molecular flexibility index (Phi) is 8.60. The molecule has 0 amide bonds. The van der Waals surface area contributed by atoms with Crippen molar-refractivity contribution in [3.05, 3.63) is 177 Å². The maximum Gasteiger partial charge on any atom is 0.0714 e. The number of benzene rings is 6. The van der Waals surface area contributed by atoms with Crippen molar-refractivity contribution >= 4 is 0 Å². The molecule has 250 valence electrons. The Morgan fingerprint density at radius 2 is 1.00 bits per heavy atom. The minimum atomic E-state index is -0.439. The number of hydrogen-bond acceptors (Lipinski definition) is 0. The highest BCUT2D eigenvalue weighted by Gasteiger charge is 2.46. The maximum atomic E-state index is 2.55. The zero-order valence-corrected chi connectivity index (χ0v) is 30.6. The van der Waals surface area contributed by atoms with E-state index in [9.17, 15) is 0 Å². The van der Waals surface area contributed by atoms with Gasteiger partial charge >= 0.3 is 0 Å². The summed E-state index contributed by atoms with van der Waals surface area (Å²) >= 11 is 0. The van der Waals surface area contributed by atoms with Crippen LogP contribution >= 0.6 is 0 Å². The molecular formula is C50H50. The summed E-state index contributed by atoms with van der Waals surface area (Å²) in [7, 11) is 0. The smallest absolute Gasteiger partial charge is 0.0654 e. The summed E-state index contributed by atoms with van der Waals surface area (Å²) in [5, 5.41) is 0. The topological polar surface area (TPSA) is 0 Å². The van der Waals surface area contributed by atoms with Crippen molar-refractivity contribution in [2.75, 3.05) is 0 Å². The lowest BCUT2D eigenvalue weighted by Crippen LogP contribution is -2.29. The van der Waals surface area contributed by atoms with Crippen LogP contribution in [0, 0.1) is 6.92 Å². The molecule has 0 fully saturated rings. The second kappa shape index (κ2) is 13.2. The van der Waals surface area contributed by atoms with Crippen molar-refractivity contribution in [2.24, 2.45) is 0 Å². The molecule has 6 aromatic rings. The van der Waals surface area contributed by atoms with Gasteiger partial charge in [-0.2, -0.15) is 0 Å². The van der Waals surface area contributed by atoms with Crippen LogP contribution in [0.4, 0.5) is 0 Å². The fraction of sp³-hybridized carbons (Fsp3) is 0.280. The third-order valence-corrected chi connectivity index (χ3v) is 12.0. The fourth-order valence-corrected chi connectivity index (χ4v) is 8.40. The highest BCUT2D eigenvalue weighted by Crippen LogP contribution is 2.57. The predicted octanol–water partition coefficient (Wildman–Crippen LogP) is 13.2. The molecule has 0 saturated carbocycles. The van der Waals surface area contributed by atoms with Crippen molar-refractivity contribution in [1.29, 1.82) is 0 Å². The van der Waals surface area contributed by atoms with E-state index in [0.717, 1.165) is 6.42 Å². The van der Waals surface area contributed by atoms with Gasteiger partial charge in [0.1, 0.15) is 0 Å². The number of aryl methyl sites for hydroxylation is 5. The molecule has 0 heterocycles. The van der Waals surface area contributed by atoms with Gasteiger partial charge in [-0.15, -0.1) is 0 Å². The van der Waals surface area contributed by atoms with Gasteiger partial charge < -0.3 is 0 Å². The van der Waals surface area contributed by atoms with Gasteiger partial charge in [-0.1, -0.05) is 155 Å². The van der Waals surface area contributed by atoms with Crippen molar-refractivity contribution in [2.45, 2.75) is 90.9 Å². The van der Waals surface area contributed by atoms with E-state index in [1.54, 1.807) is 0 Å². The van der Waals surface area contributed by atoms with Crippen molar-refractivity contribution in [3.63, 3.8) is 0 Å². The van der Waals surface area contributed by atoms with E-state index in [-0.39, 0.29) is 0 Å². The Labute approximate surface area is 300 Å². The quantitative estimate of drug-likeness (QED) is 0.161. The standard InChI is InChI=1S/C46H40.C4H10/c1-4-30(3)33-20-22-43-42-21-11-29(2)23-44(42)46(45(43)28-33,40-9-5-7-34(26-40)38-18-14-31-12-16-36(31)24-38)41-10-6-8-35(27-41)39-19-15-32-13-17-37(32)25-39;1-3-4-2/h5-11,14-15,18-28,30H,4,12-13,16-17H2,1-3H3;3-4H2,1-2H3. The molecule has 3 aliphatic rings. The first-order valence-electron chi connectivity index (χ1n) is 19.2. The molecule has 1 unspecified atom stereocenters. The van der Waals surface area contributed by atoms with Crippen LogP contribution in [0.3, 0.4) is 0 Å². The molecule has 0 radical (unpaired) electrons. The van der Waals surface area contributed by atoms with E-state index in [0.29, 0.717) is 5.92 Å². The van der Waals surface area contributed by atoms with Crippen LogP contribution in [0.2, 0.25) is 0 Å². The second-order valence-corrected chi connectivity index (χ2v) is 15.0. The highest BCUT2D eigenvalue weighted by atomic mass is 14.5. The van der Waals surface area contributed by atoms with Gasteiger partial charge in [0, 0.05) is 0 Å². The number of unbranched alkanes of at least 4 members (excludes halogenated alkanes) is 1. The third-order valence-electron chi connectivity index (χ3n) is 12.0. The van der Waals surface area contributed by atoms with Gasteiger partial charge in [0.25, 0.3) is 0 Å². The normalized spacial score (nSPS) is 14.9. The lowest BCUT2D eigenvalue weighted by Gasteiger charge is -2.35. The SMILES string of the molecule is CCC(C)c1ccc2c(c1)C(c1cccc(-c3ccc4c(c3)CC4)c1)(c1cccc(-c3ccc4c(c3)CC4)c1)c1cc(C)ccc1-2.CCCC. The minimum absolute atomic E-state index is 0.439. The molecule has 6 aromatic carbocycles. The third kappa shape index (κ3) is 5.36. The number of hydrogen-bond donors (Lipinski definition) is 0. The summed E-state index contributed by atoms with van der Waals surface area (Å²) in [5.74, 6) is 0.496. The summed E-state index contributed by atoms with van der Waals surface area (Å²) in [6, 6.07) is 47.6. The molecular weight excluding hydrogens is 601 g/mol. The molecule has 0 aromatic heterocycles. The van der Waals surface area contributed by atoms with Gasteiger partial charge in [0.2, 0.25) is 0 Å². The first kappa shape index (κ1) is 32.5. The molecule has 50 heavy (non-hydrogen) atoms. The summed E-state index contributed by atoms with van der Waals surface area (Å²) in [4.78, 5) is 0. The highest BCUT2D eigenvalue weighted by molar-refractivity contribution is 5.88. The van der Waals surface area contributed by atoms with Crippen LogP contribution < -0.4 is 0 Å². The van der Waals surface area contributed by atoms with Crippen molar-refractivity contribution < 1.29 is 0 Å². The second-order valence-electron chi connectivity index (χ2n) is 15.0. The van der Waals surface area contributed by atoms with E-state index in [2.05, 4.69) is 156 Å². The predicted molar refractivity (Wildman–Crippen MR) is 213 cm³/mol.